The normalized spacial score (nSPS) is 19.2. The summed E-state index contributed by atoms with van der Waals surface area (Å²) in [5, 5.41) is 11.6. The summed E-state index contributed by atoms with van der Waals surface area (Å²) < 4.78 is 9.58. The first kappa shape index (κ1) is 18.7. The molecule has 0 aromatic carbocycles. The number of carbonyl (C=O) groups is 4. The van der Waals surface area contributed by atoms with Crippen molar-refractivity contribution >= 4 is 23.9 Å². The molecule has 9 heteroatoms. The number of ether oxygens (including phenoxy) is 2. The highest BCUT2D eigenvalue weighted by atomic mass is 16.6. The number of hydrogen-bond donors (Lipinski definition) is 2. The molecule has 1 heterocycles. The van der Waals surface area contributed by atoms with Gasteiger partial charge in [-0.25, -0.2) is 9.59 Å². The summed E-state index contributed by atoms with van der Waals surface area (Å²) in [5.74, 6) is -3.01. The Labute approximate surface area is 133 Å². The number of hydrogen-bond acceptors (Lipinski definition) is 6. The Kier molecular flexibility index (Phi) is 5.94. The van der Waals surface area contributed by atoms with Gasteiger partial charge in [0, 0.05) is 13.0 Å². The quantitative estimate of drug-likeness (QED) is 0.679. The second kappa shape index (κ2) is 7.30. The van der Waals surface area contributed by atoms with E-state index in [1.807, 2.05) is 0 Å². The number of carbonyl (C=O) groups excluding carboxylic acids is 3. The van der Waals surface area contributed by atoms with Crippen LogP contribution in [0.25, 0.3) is 0 Å². The van der Waals surface area contributed by atoms with E-state index in [-0.39, 0.29) is 19.5 Å². The fraction of sp³-hybridized carbons (Fsp3) is 0.714. The molecule has 0 bridgehead atoms. The van der Waals surface area contributed by atoms with Gasteiger partial charge < -0.3 is 24.8 Å². The number of esters is 1. The van der Waals surface area contributed by atoms with Crippen molar-refractivity contribution in [3.05, 3.63) is 0 Å². The minimum atomic E-state index is -1.28. The van der Waals surface area contributed by atoms with Crippen molar-refractivity contribution in [2.75, 3.05) is 20.2 Å². The largest absolute Gasteiger partial charge is 0.480 e. The molecule has 0 aliphatic carbocycles. The van der Waals surface area contributed by atoms with Crippen molar-refractivity contribution in [3.63, 3.8) is 0 Å². The SMILES string of the molecule is COC(=O)C1CC(=O)N([C@H](CNC(=O)OC(C)(C)C)C(=O)O)C1. The number of nitrogens with zero attached hydrogens (tertiary/aromatic N) is 1. The van der Waals surface area contributed by atoms with Crippen molar-refractivity contribution in [1.29, 1.82) is 0 Å². The van der Waals surface area contributed by atoms with E-state index in [4.69, 9.17) is 4.74 Å². The monoisotopic (exact) mass is 330 g/mol. The average molecular weight is 330 g/mol. The second-order valence-corrected chi connectivity index (χ2v) is 6.21. The number of aliphatic carboxylic acids is 1. The molecule has 2 atom stereocenters. The molecule has 0 aromatic rings. The van der Waals surface area contributed by atoms with Crippen molar-refractivity contribution in [2.24, 2.45) is 5.92 Å². The van der Waals surface area contributed by atoms with Gasteiger partial charge in [-0.05, 0) is 20.8 Å². The standard InChI is InChI=1S/C14H22N2O7/c1-14(2,3)23-13(21)15-6-9(11(18)19)16-7-8(5-10(16)17)12(20)22-4/h8-9H,5-7H2,1-4H3,(H,15,21)(H,18,19)/t8?,9-/m1/s1. The summed E-state index contributed by atoms with van der Waals surface area (Å²) in [7, 11) is 1.20. The third-order valence-electron chi connectivity index (χ3n) is 3.19. The number of alkyl carbamates (subject to hydrolysis) is 1. The predicted molar refractivity (Wildman–Crippen MR) is 77.5 cm³/mol. The molecule has 23 heavy (non-hydrogen) atoms. The molecule has 1 saturated heterocycles. The summed E-state index contributed by atoms with van der Waals surface area (Å²) >= 11 is 0. The molecule has 2 N–H and O–H groups in total. The lowest BCUT2D eigenvalue weighted by atomic mass is 10.1. The molecular formula is C14H22N2O7. The van der Waals surface area contributed by atoms with Crippen LogP contribution in [-0.4, -0.2) is 65.8 Å². The first-order valence-corrected chi connectivity index (χ1v) is 7.12. The van der Waals surface area contributed by atoms with Gasteiger partial charge in [0.15, 0.2) is 0 Å². The van der Waals surface area contributed by atoms with E-state index in [1.165, 1.54) is 7.11 Å². The maximum atomic E-state index is 11.9. The molecule has 1 aliphatic heterocycles. The lowest BCUT2D eigenvalue weighted by Gasteiger charge is -2.26. The second-order valence-electron chi connectivity index (χ2n) is 6.21. The summed E-state index contributed by atoms with van der Waals surface area (Å²) in [5.41, 5.74) is -0.720. The van der Waals surface area contributed by atoms with Gasteiger partial charge in [-0.1, -0.05) is 0 Å². The van der Waals surface area contributed by atoms with Gasteiger partial charge in [0.1, 0.15) is 11.6 Å². The summed E-state index contributed by atoms with van der Waals surface area (Å²) in [6, 6.07) is -1.27. The van der Waals surface area contributed by atoms with Gasteiger partial charge in [0.2, 0.25) is 5.91 Å². The van der Waals surface area contributed by atoms with E-state index >= 15 is 0 Å². The lowest BCUT2D eigenvalue weighted by molar-refractivity contribution is -0.148. The highest BCUT2D eigenvalue weighted by Gasteiger charge is 2.41. The molecule has 2 amide bonds. The van der Waals surface area contributed by atoms with Crippen LogP contribution in [0.5, 0.6) is 0 Å². The number of likely N-dealkylation sites (tertiary alicyclic amines) is 1. The lowest BCUT2D eigenvalue weighted by Crippen LogP contribution is -2.50. The number of nitrogens with one attached hydrogen (secondary N) is 1. The van der Waals surface area contributed by atoms with Crippen LogP contribution in [0.2, 0.25) is 0 Å². The molecule has 0 saturated carbocycles. The fourth-order valence-corrected chi connectivity index (χ4v) is 2.18. The minimum absolute atomic E-state index is 0.0571. The molecule has 0 spiro atoms. The van der Waals surface area contributed by atoms with E-state index in [2.05, 4.69) is 10.1 Å². The van der Waals surface area contributed by atoms with Crippen LogP contribution in [0.1, 0.15) is 27.2 Å². The Morgan fingerprint density at radius 1 is 1.39 bits per heavy atom. The number of carboxylic acid groups (broad SMARTS) is 1. The Balaban J connectivity index is 2.69. The zero-order valence-electron chi connectivity index (χ0n) is 13.6. The first-order chi connectivity index (χ1) is 10.5. The number of carboxylic acids is 1. The van der Waals surface area contributed by atoms with Crippen LogP contribution >= 0.6 is 0 Å². The zero-order chi connectivity index (χ0) is 17.8. The van der Waals surface area contributed by atoms with E-state index < -0.39 is 41.5 Å². The molecule has 0 radical (unpaired) electrons. The number of rotatable bonds is 5. The predicted octanol–water partition coefficient (Wildman–Crippen LogP) is -0.0142. The van der Waals surface area contributed by atoms with Gasteiger partial charge in [0.05, 0.1) is 19.6 Å². The Hall–Kier alpha value is -2.32. The van der Waals surface area contributed by atoms with Crippen LogP contribution in [-0.2, 0) is 23.9 Å². The summed E-state index contributed by atoms with van der Waals surface area (Å²) in [6.07, 6.45) is -0.886. The van der Waals surface area contributed by atoms with Gasteiger partial charge in [-0.15, -0.1) is 0 Å². The third-order valence-corrected chi connectivity index (χ3v) is 3.19. The topological polar surface area (TPSA) is 122 Å². The minimum Gasteiger partial charge on any atom is -0.480 e. The van der Waals surface area contributed by atoms with E-state index in [1.54, 1.807) is 20.8 Å². The number of methoxy groups -OCH3 is 1. The van der Waals surface area contributed by atoms with Gasteiger partial charge in [-0.3, -0.25) is 9.59 Å². The Bertz CT molecular complexity index is 498. The average Bonchev–Trinajstić information content (AvgIpc) is 2.78. The molecule has 1 aliphatic rings. The van der Waals surface area contributed by atoms with E-state index in [0.29, 0.717) is 0 Å². The molecule has 1 rings (SSSR count). The number of amides is 2. The van der Waals surface area contributed by atoms with E-state index in [0.717, 1.165) is 4.90 Å². The van der Waals surface area contributed by atoms with Crippen LogP contribution in [0.3, 0.4) is 0 Å². The molecule has 1 unspecified atom stereocenters. The van der Waals surface area contributed by atoms with Crippen LogP contribution in [0, 0.1) is 5.92 Å². The van der Waals surface area contributed by atoms with Gasteiger partial charge in [0.25, 0.3) is 0 Å². The first-order valence-electron chi connectivity index (χ1n) is 7.12. The van der Waals surface area contributed by atoms with Gasteiger partial charge in [-0.2, -0.15) is 0 Å². The molecule has 9 nitrogen and oxygen atoms in total. The Morgan fingerprint density at radius 3 is 2.48 bits per heavy atom. The van der Waals surface area contributed by atoms with Crippen molar-refractivity contribution in [3.8, 4) is 0 Å². The molecule has 1 fully saturated rings. The summed E-state index contributed by atoms with van der Waals surface area (Å²) in [6.45, 7) is 4.65. The highest BCUT2D eigenvalue weighted by Crippen LogP contribution is 2.21. The Morgan fingerprint density at radius 2 is 2.00 bits per heavy atom. The molecule has 130 valence electrons. The van der Waals surface area contributed by atoms with E-state index in [9.17, 15) is 24.3 Å². The van der Waals surface area contributed by atoms with Crippen molar-refractivity contribution < 1.29 is 33.8 Å². The smallest absolute Gasteiger partial charge is 0.407 e. The van der Waals surface area contributed by atoms with Gasteiger partial charge >= 0.3 is 18.0 Å². The fourth-order valence-electron chi connectivity index (χ4n) is 2.18. The van der Waals surface area contributed by atoms with Crippen LogP contribution < -0.4 is 5.32 Å². The third kappa shape index (κ3) is 5.42. The van der Waals surface area contributed by atoms with Crippen molar-refractivity contribution in [2.45, 2.75) is 38.8 Å². The molecular weight excluding hydrogens is 308 g/mol. The molecule has 0 aromatic heterocycles. The maximum Gasteiger partial charge on any atom is 0.407 e. The van der Waals surface area contributed by atoms with Crippen LogP contribution in [0.4, 0.5) is 4.79 Å². The maximum absolute atomic E-state index is 11.9. The highest BCUT2D eigenvalue weighted by molar-refractivity contribution is 5.90. The zero-order valence-corrected chi connectivity index (χ0v) is 13.6. The van der Waals surface area contributed by atoms with Crippen molar-refractivity contribution in [1.82, 2.24) is 10.2 Å². The summed E-state index contributed by atoms with van der Waals surface area (Å²) in [4.78, 5) is 47.4. The van der Waals surface area contributed by atoms with Crippen LogP contribution in [0.15, 0.2) is 0 Å².